The zero-order valence-electron chi connectivity index (χ0n) is 20.5. The van der Waals surface area contributed by atoms with E-state index in [0.717, 1.165) is 22.8 Å². The van der Waals surface area contributed by atoms with Crippen LogP contribution in [0.4, 0.5) is 8.78 Å². The van der Waals surface area contributed by atoms with Gasteiger partial charge < -0.3 is 15.7 Å². The summed E-state index contributed by atoms with van der Waals surface area (Å²) in [6, 6.07) is 18.4. The van der Waals surface area contributed by atoms with Crippen LogP contribution in [0.25, 0.3) is 0 Å². The lowest BCUT2D eigenvalue weighted by molar-refractivity contribution is -0.122. The number of nitrogens with one attached hydrogen (secondary N) is 2. The largest absolute Gasteiger partial charge is 0.390 e. The van der Waals surface area contributed by atoms with Gasteiger partial charge in [-0.25, -0.2) is 8.78 Å². The van der Waals surface area contributed by atoms with E-state index in [2.05, 4.69) is 24.5 Å². The fourth-order valence-corrected chi connectivity index (χ4v) is 3.94. The predicted molar refractivity (Wildman–Crippen MR) is 135 cm³/mol. The van der Waals surface area contributed by atoms with Gasteiger partial charge in [-0.2, -0.15) is 0 Å². The highest BCUT2D eigenvalue weighted by Crippen LogP contribution is 2.16. The molecule has 0 aliphatic heterocycles. The SMILES string of the molecule is Cc1ccc(CNC[C@@H](O)[C@@H](Cc2cc(F)cc(F)c2)NC(=O)Cc2ccc(C(C)C)cc2)cc1. The van der Waals surface area contributed by atoms with Crippen molar-refractivity contribution in [3.8, 4) is 0 Å². The lowest BCUT2D eigenvalue weighted by Gasteiger charge is -2.25. The molecule has 1 amide bonds. The Morgan fingerprint density at radius 3 is 2.09 bits per heavy atom. The highest BCUT2D eigenvalue weighted by molar-refractivity contribution is 5.79. The minimum atomic E-state index is -0.959. The Morgan fingerprint density at radius 1 is 0.886 bits per heavy atom. The molecule has 0 aromatic heterocycles. The molecule has 0 heterocycles. The number of carbonyl (C=O) groups excluding carboxylic acids is 1. The smallest absolute Gasteiger partial charge is 0.224 e. The summed E-state index contributed by atoms with van der Waals surface area (Å²) >= 11 is 0. The zero-order valence-corrected chi connectivity index (χ0v) is 20.5. The zero-order chi connectivity index (χ0) is 25.4. The van der Waals surface area contributed by atoms with Gasteiger partial charge in [0.2, 0.25) is 5.91 Å². The molecule has 0 fully saturated rings. The maximum Gasteiger partial charge on any atom is 0.224 e. The van der Waals surface area contributed by atoms with Gasteiger partial charge in [-0.3, -0.25) is 4.79 Å². The van der Waals surface area contributed by atoms with E-state index >= 15 is 0 Å². The average Bonchev–Trinajstić information content (AvgIpc) is 2.79. The molecule has 2 atom stereocenters. The lowest BCUT2D eigenvalue weighted by Crippen LogP contribution is -2.49. The highest BCUT2D eigenvalue weighted by Gasteiger charge is 2.22. The van der Waals surface area contributed by atoms with Crippen LogP contribution in [0, 0.1) is 18.6 Å². The van der Waals surface area contributed by atoms with Gasteiger partial charge in [-0.05, 0) is 53.6 Å². The fourth-order valence-electron chi connectivity index (χ4n) is 3.94. The van der Waals surface area contributed by atoms with Gasteiger partial charge >= 0.3 is 0 Å². The molecule has 3 N–H and O–H groups in total. The monoisotopic (exact) mass is 480 g/mol. The number of benzene rings is 3. The second-order valence-electron chi connectivity index (χ2n) is 9.41. The maximum atomic E-state index is 13.7. The molecule has 3 rings (SSSR count). The Kier molecular flexibility index (Phi) is 9.52. The number of rotatable bonds is 11. The van der Waals surface area contributed by atoms with E-state index < -0.39 is 23.8 Å². The quantitative estimate of drug-likeness (QED) is 0.369. The van der Waals surface area contributed by atoms with Gasteiger partial charge in [-0.1, -0.05) is 67.9 Å². The predicted octanol–water partition coefficient (Wildman–Crippen LogP) is 4.82. The van der Waals surface area contributed by atoms with Crippen molar-refractivity contribution < 1.29 is 18.7 Å². The van der Waals surface area contributed by atoms with Crippen LogP contribution in [0.1, 0.15) is 47.6 Å². The summed E-state index contributed by atoms with van der Waals surface area (Å²) in [5.74, 6) is -1.25. The van der Waals surface area contributed by atoms with Crippen molar-refractivity contribution in [2.75, 3.05) is 6.54 Å². The Balaban J connectivity index is 1.65. The van der Waals surface area contributed by atoms with Gasteiger partial charge in [0.1, 0.15) is 11.6 Å². The molecule has 0 saturated heterocycles. The van der Waals surface area contributed by atoms with Gasteiger partial charge in [0.15, 0.2) is 0 Å². The second kappa shape index (κ2) is 12.6. The molecule has 0 radical (unpaired) electrons. The van der Waals surface area contributed by atoms with E-state index in [1.165, 1.54) is 17.7 Å². The van der Waals surface area contributed by atoms with Crippen molar-refractivity contribution in [3.63, 3.8) is 0 Å². The number of aliphatic hydroxyl groups excluding tert-OH is 1. The Labute approximate surface area is 206 Å². The number of halogens is 2. The Hall–Kier alpha value is -3.09. The first-order chi connectivity index (χ1) is 16.7. The van der Waals surface area contributed by atoms with Crippen LogP contribution in [0.15, 0.2) is 66.7 Å². The average molecular weight is 481 g/mol. The van der Waals surface area contributed by atoms with Gasteiger partial charge in [0.25, 0.3) is 0 Å². The third-order valence-corrected chi connectivity index (χ3v) is 6.00. The molecule has 0 unspecified atom stereocenters. The number of hydrogen-bond donors (Lipinski definition) is 3. The molecule has 6 heteroatoms. The molecule has 0 aliphatic carbocycles. The summed E-state index contributed by atoms with van der Waals surface area (Å²) in [6.45, 7) is 6.99. The topological polar surface area (TPSA) is 61.4 Å². The van der Waals surface area contributed by atoms with E-state index in [-0.39, 0.29) is 25.3 Å². The summed E-state index contributed by atoms with van der Waals surface area (Å²) < 4.78 is 27.5. The highest BCUT2D eigenvalue weighted by atomic mass is 19.1. The van der Waals surface area contributed by atoms with E-state index in [1.54, 1.807) is 0 Å². The second-order valence-corrected chi connectivity index (χ2v) is 9.41. The van der Waals surface area contributed by atoms with Gasteiger partial charge in [0.05, 0.1) is 18.6 Å². The minimum absolute atomic E-state index is 0.0973. The molecule has 35 heavy (non-hydrogen) atoms. The molecule has 3 aromatic rings. The van der Waals surface area contributed by atoms with Crippen molar-refractivity contribution in [3.05, 3.63) is 106 Å². The molecular weight excluding hydrogens is 446 g/mol. The molecule has 0 aliphatic rings. The third kappa shape index (κ3) is 8.57. The third-order valence-electron chi connectivity index (χ3n) is 6.00. The first-order valence-electron chi connectivity index (χ1n) is 12.0. The van der Waals surface area contributed by atoms with E-state index in [1.807, 2.05) is 55.5 Å². The van der Waals surface area contributed by atoms with Gasteiger partial charge in [-0.15, -0.1) is 0 Å². The number of amides is 1. The Bertz CT molecular complexity index is 1080. The molecule has 4 nitrogen and oxygen atoms in total. The van der Waals surface area contributed by atoms with Crippen LogP contribution in [0.5, 0.6) is 0 Å². The molecule has 186 valence electrons. The summed E-state index contributed by atoms with van der Waals surface area (Å²) in [4.78, 5) is 12.8. The number of hydrogen-bond acceptors (Lipinski definition) is 3. The van der Waals surface area contributed by atoms with Crippen LogP contribution < -0.4 is 10.6 Å². The van der Waals surface area contributed by atoms with E-state index in [9.17, 15) is 18.7 Å². The van der Waals surface area contributed by atoms with E-state index in [0.29, 0.717) is 18.0 Å². The van der Waals surface area contributed by atoms with Crippen molar-refractivity contribution in [1.82, 2.24) is 10.6 Å². The van der Waals surface area contributed by atoms with Crippen LogP contribution in [0.3, 0.4) is 0 Å². The number of aryl methyl sites for hydroxylation is 1. The van der Waals surface area contributed by atoms with Crippen LogP contribution in [0.2, 0.25) is 0 Å². The number of aliphatic hydroxyl groups is 1. The van der Waals surface area contributed by atoms with Crippen LogP contribution >= 0.6 is 0 Å². The van der Waals surface area contributed by atoms with Crippen molar-refractivity contribution in [2.24, 2.45) is 0 Å². The summed E-state index contributed by atoms with van der Waals surface area (Å²) in [5.41, 5.74) is 4.65. The lowest BCUT2D eigenvalue weighted by atomic mass is 9.99. The van der Waals surface area contributed by atoms with Crippen molar-refractivity contribution in [2.45, 2.75) is 58.2 Å². The first-order valence-corrected chi connectivity index (χ1v) is 12.0. The maximum absolute atomic E-state index is 13.7. The normalized spacial score (nSPS) is 13.0. The van der Waals surface area contributed by atoms with Crippen LogP contribution in [-0.2, 0) is 24.2 Å². The molecular formula is C29H34F2N2O2. The Morgan fingerprint density at radius 2 is 1.49 bits per heavy atom. The minimum Gasteiger partial charge on any atom is -0.390 e. The van der Waals surface area contributed by atoms with Gasteiger partial charge in [0, 0.05) is 19.2 Å². The molecule has 3 aromatic carbocycles. The summed E-state index contributed by atoms with van der Waals surface area (Å²) in [6.07, 6.45) is -0.713. The van der Waals surface area contributed by atoms with Crippen LogP contribution in [-0.4, -0.2) is 29.7 Å². The number of carbonyl (C=O) groups is 1. The molecule has 0 saturated carbocycles. The fraction of sp³-hybridized carbons (Fsp3) is 0.345. The first kappa shape index (κ1) is 26.5. The van der Waals surface area contributed by atoms with Crippen molar-refractivity contribution in [1.29, 1.82) is 0 Å². The van der Waals surface area contributed by atoms with Crippen molar-refractivity contribution >= 4 is 5.91 Å². The van der Waals surface area contributed by atoms with E-state index in [4.69, 9.17) is 0 Å². The standard InChI is InChI=1S/C29H34F2N2O2/c1-19(2)24-10-8-21(9-11-24)15-29(35)33-27(14-23-12-25(30)16-26(31)13-23)28(34)18-32-17-22-6-4-20(3)5-7-22/h4-13,16,19,27-28,32,34H,14-15,17-18H2,1-3H3,(H,33,35)/t27-,28-/m1/s1. The molecule has 0 bridgehead atoms. The molecule has 0 spiro atoms. The summed E-state index contributed by atoms with van der Waals surface area (Å²) in [7, 11) is 0. The summed E-state index contributed by atoms with van der Waals surface area (Å²) in [5, 5.41) is 17.0.